The van der Waals surface area contributed by atoms with Crippen LogP contribution >= 0.6 is 0 Å². The maximum absolute atomic E-state index is 5.45. The molecule has 0 bridgehead atoms. The number of nitrogens with one attached hydrogen (secondary N) is 1. The second kappa shape index (κ2) is 8.73. The summed E-state index contributed by atoms with van der Waals surface area (Å²) in [5.74, 6) is 2.78. The predicted molar refractivity (Wildman–Crippen MR) is 108 cm³/mol. The van der Waals surface area contributed by atoms with Crippen LogP contribution in [0.3, 0.4) is 0 Å². The molecule has 1 aliphatic heterocycles. The van der Waals surface area contributed by atoms with Crippen molar-refractivity contribution < 1.29 is 4.42 Å². The number of hydrogen-bond acceptors (Lipinski definition) is 4. The van der Waals surface area contributed by atoms with Gasteiger partial charge in [0, 0.05) is 32.6 Å². The highest BCUT2D eigenvalue weighted by atomic mass is 16.3. The van der Waals surface area contributed by atoms with Crippen molar-refractivity contribution in [3.05, 3.63) is 71.7 Å². The highest BCUT2D eigenvalue weighted by Gasteiger charge is 2.19. The largest absolute Gasteiger partial charge is 0.467 e. The Balaban J connectivity index is 1.45. The molecule has 0 aliphatic carbocycles. The average Bonchev–Trinajstić information content (AvgIpc) is 3.42. The van der Waals surface area contributed by atoms with Crippen molar-refractivity contribution >= 4 is 5.96 Å². The smallest absolute Gasteiger partial charge is 0.194 e. The van der Waals surface area contributed by atoms with Crippen LogP contribution in [0.1, 0.15) is 29.6 Å². The van der Waals surface area contributed by atoms with Gasteiger partial charge >= 0.3 is 0 Å². The summed E-state index contributed by atoms with van der Waals surface area (Å²) in [6, 6.07) is 12.5. The number of aryl methyl sites for hydroxylation is 1. The fourth-order valence-corrected chi connectivity index (χ4v) is 3.53. The zero-order chi connectivity index (χ0) is 19.2. The first-order valence-corrected chi connectivity index (χ1v) is 9.82. The number of guanidine groups is 1. The molecule has 0 radical (unpaired) electrons. The third-order valence-corrected chi connectivity index (χ3v) is 5.04. The molecule has 4 rings (SSSR count). The zero-order valence-corrected chi connectivity index (χ0v) is 16.2. The van der Waals surface area contributed by atoms with E-state index in [0.29, 0.717) is 6.54 Å². The van der Waals surface area contributed by atoms with E-state index < -0.39 is 0 Å². The summed E-state index contributed by atoms with van der Waals surface area (Å²) in [5.41, 5.74) is 2.80. The van der Waals surface area contributed by atoms with E-state index in [1.54, 1.807) is 12.6 Å². The minimum Gasteiger partial charge on any atom is -0.467 e. The van der Waals surface area contributed by atoms with Crippen LogP contribution in [0, 0.1) is 0 Å². The van der Waals surface area contributed by atoms with Crippen LogP contribution in [-0.4, -0.2) is 38.7 Å². The minimum atomic E-state index is 0.528. The molecule has 1 N–H and O–H groups in total. The maximum Gasteiger partial charge on any atom is 0.194 e. The van der Waals surface area contributed by atoms with Crippen LogP contribution in [0.5, 0.6) is 0 Å². The summed E-state index contributed by atoms with van der Waals surface area (Å²) in [5, 5.41) is 11.7. The lowest BCUT2D eigenvalue weighted by Crippen LogP contribution is -2.45. The highest BCUT2D eigenvalue weighted by molar-refractivity contribution is 5.80. The molecular weight excluding hydrogens is 352 g/mol. The number of aliphatic imine (C=N–C) groups is 1. The molecule has 3 heterocycles. The molecule has 1 aromatic carbocycles. The molecular formula is C21H26N6O. The van der Waals surface area contributed by atoms with Crippen molar-refractivity contribution in [3.63, 3.8) is 0 Å². The van der Waals surface area contributed by atoms with Crippen LogP contribution in [0.15, 0.2) is 58.4 Å². The van der Waals surface area contributed by atoms with Gasteiger partial charge in [0.1, 0.15) is 24.5 Å². The van der Waals surface area contributed by atoms with E-state index >= 15 is 0 Å². The molecule has 0 spiro atoms. The number of nitrogens with zero attached hydrogens (tertiary/aromatic N) is 5. The number of hydrogen-bond donors (Lipinski definition) is 1. The zero-order valence-electron chi connectivity index (χ0n) is 16.2. The number of benzene rings is 1. The quantitative estimate of drug-likeness (QED) is 0.527. The van der Waals surface area contributed by atoms with Crippen molar-refractivity contribution in [1.29, 1.82) is 0 Å². The van der Waals surface area contributed by atoms with Gasteiger partial charge in [0.05, 0.1) is 6.26 Å². The van der Waals surface area contributed by atoms with E-state index in [-0.39, 0.29) is 0 Å². The maximum atomic E-state index is 5.45. The highest BCUT2D eigenvalue weighted by Crippen LogP contribution is 2.18. The molecule has 0 atom stereocenters. The van der Waals surface area contributed by atoms with Gasteiger partial charge in [0.25, 0.3) is 0 Å². The first kappa shape index (κ1) is 18.3. The van der Waals surface area contributed by atoms with Gasteiger partial charge in [-0.2, -0.15) is 0 Å². The molecule has 0 unspecified atom stereocenters. The molecule has 7 nitrogen and oxygen atoms in total. The lowest BCUT2D eigenvalue weighted by Gasteiger charge is -2.32. The van der Waals surface area contributed by atoms with Crippen molar-refractivity contribution in [1.82, 2.24) is 25.0 Å². The van der Waals surface area contributed by atoms with Crippen molar-refractivity contribution in [2.45, 2.75) is 39.4 Å². The van der Waals surface area contributed by atoms with Gasteiger partial charge in [-0.25, -0.2) is 4.99 Å². The number of rotatable bonds is 6. The number of furan rings is 1. The SMILES string of the molecule is CCc1nncn1CCNC(=NCc1ccco1)N1CCc2ccccc2C1. The molecule has 146 valence electrons. The Morgan fingerprint density at radius 1 is 1.21 bits per heavy atom. The number of aromatic nitrogens is 3. The van der Waals surface area contributed by atoms with Gasteiger partial charge in [-0.15, -0.1) is 10.2 Å². The van der Waals surface area contributed by atoms with Crippen LogP contribution in [0.4, 0.5) is 0 Å². The van der Waals surface area contributed by atoms with E-state index in [1.807, 2.05) is 12.1 Å². The second-order valence-corrected chi connectivity index (χ2v) is 6.88. The van der Waals surface area contributed by atoms with Crippen molar-refractivity contribution in [2.24, 2.45) is 4.99 Å². The Morgan fingerprint density at radius 2 is 2.11 bits per heavy atom. The first-order chi connectivity index (χ1) is 13.8. The Kier molecular flexibility index (Phi) is 5.70. The van der Waals surface area contributed by atoms with Gasteiger partial charge in [-0.1, -0.05) is 31.2 Å². The lowest BCUT2D eigenvalue weighted by atomic mass is 10.0. The summed E-state index contributed by atoms with van der Waals surface area (Å²) in [6.07, 6.45) is 5.39. The molecule has 1 aliphatic rings. The Hall–Kier alpha value is -3.09. The van der Waals surface area contributed by atoms with Gasteiger partial charge in [-0.05, 0) is 29.7 Å². The normalized spacial score (nSPS) is 14.2. The second-order valence-electron chi connectivity index (χ2n) is 6.88. The fourth-order valence-electron chi connectivity index (χ4n) is 3.53. The molecule has 2 aromatic heterocycles. The van der Waals surface area contributed by atoms with Gasteiger partial charge < -0.3 is 19.2 Å². The van der Waals surface area contributed by atoms with E-state index in [9.17, 15) is 0 Å². The summed E-state index contributed by atoms with van der Waals surface area (Å²) in [7, 11) is 0. The molecule has 0 saturated carbocycles. The van der Waals surface area contributed by atoms with Crippen molar-refractivity contribution in [3.8, 4) is 0 Å². The predicted octanol–water partition coefficient (Wildman–Crippen LogP) is 2.64. The Bertz CT molecular complexity index is 915. The molecule has 7 heteroatoms. The molecule has 0 fully saturated rings. The van der Waals surface area contributed by atoms with Gasteiger partial charge in [-0.3, -0.25) is 0 Å². The standard InChI is InChI=1S/C21H26N6O/c1-2-20-25-24-16-27(20)12-10-22-21(23-14-19-8-5-13-28-19)26-11-9-17-6-3-4-7-18(17)15-26/h3-8,13,16H,2,9-12,14-15H2,1H3,(H,22,23). The van der Waals surface area contributed by atoms with E-state index in [2.05, 4.69) is 56.2 Å². The third kappa shape index (κ3) is 4.24. The Morgan fingerprint density at radius 3 is 2.93 bits per heavy atom. The van der Waals surface area contributed by atoms with Crippen LogP contribution in [0.2, 0.25) is 0 Å². The molecule has 28 heavy (non-hydrogen) atoms. The van der Waals surface area contributed by atoms with Crippen LogP contribution < -0.4 is 5.32 Å². The monoisotopic (exact) mass is 378 g/mol. The first-order valence-electron chi connectivity index (χ1n) is 9.82. The summed E-state index contributed by atoms with van der Waals surface area (Å²) >= 11 is 0. The van der Waals surface area contributed by atoms with Gasteiger partial charge in [0.15, 0.2) is 5.96 Å². The molecule has 3 aromatic rings. The summed E-state index contributed by atoms with van der Waals surface area (Å²) < 4.78 is 7.53. The molecule has 0 saturated heterocycles. The van der Waals surface area contributed by atoms with Gasteiger partial charge in [0.2, 0.25) is 0 Å². The number of fused-ring (bicyclic) bond motifs is 1. The summed E-state index contributed by atoms with van der Waals surface area (Å²) in [6.45, 7) is 6.01. The fraction of sp³-hybridized carbons (Fsp3) is 0.381. The topological polar surface area (TPSA) is 71.5 Å². The van der Waals surface area contributed by atoms with Crippen LogP contribution in [-0.2, 0) is 32.5 Å². The Labute approximate surface area is 165 Å². The minimum absolute atomic E-state index is 0.528. The third-order valence-electron chi connectivity index (χ3n) is 5.04. The van der Waals surface area contributed by atoms with E-state index in [1.165, 1.54) is 11.1 Å². The summed E-state index contributed by atoms with van der Waals surface area (Å²) in [4.78, 5) is 7.14. The van der Waals surface area contributed by atoms with Crippen LogP contribution in [0.25, 0.3) is 0 Å². The van der Waals surface area contributed by atoms with Crippen molar-refractivity contribution in [2.75, 3.05) is 13.1 Å². The lowest BCUT2D eigenvalue weighted by molar-refractivity contribution is 0.375. The average molecular weight is 378 g/mol. The molecule has 0 amide bonds. The van der Waals surface area contributed by atoms with E-state index in [0.717, 1.165) is 56.6 Å². The van der Waals surface area contributed by atoms with E-state index in [4.69, 9.17) is 9.41 Å².